The first-order valence-corrected chi connectivity index (χ1v) is 11.0. The van der Waals surface area contributed by atoms with E-state index in [-0.39, 0.29) is 16.5 Å². The van der Waals surface area contributed by atoms with Crippen molar-refractivity contribution >= 4 is 86.7 Å². The number of furan rings is 1. The lowest BCUT2D eigenvalue weighted by molar-refractivity contribution is -0.113. The van der Waals surface area contributed by atoms with Gasteiger partial charge in [-0.3, -0.25) is 9.69 Å². The van der Waals surface area contributed by atoms with Crippen LogP contribution in [-0.4, -0.2) is 21.3 Å². The SMILES string of the molecule is O=C(O)c1ccc(-c2ccc(/C=C3/SC(=S)N(c4ccc(Cl)cc4Cl)C3=O)o2)cc1Cl. The number of benzene rings is 2. The van der Waals surface area contributed by atoms with Crippen molar-refractivity contribution in [2.45, 2.75) is 0 Å². The number of carbonyl (C=O) groups is 2. The Morgan fingerprint density at radius 2 is 1.84 bits per heavy atom. The zero-order valence-corrected chi connectivity index (χ0v) is 19.2. The third-order valence-electron chi connectivity index (χ3n) is 4.33. The van der Waals surface area contributed by atoms with Gasteiger partial charge in [-0.05, 0) is 42.5 Å². The van der Waals surface area contributed by atoms with Crippen molar-refractivity contribution in [1.82, 2.24) is 0 Å². The summed E-state index contributed by atoms with van der Waals surface area (Å²) in [5.41, 5.74) is 1.06. The number of carboxylic acid groups (broad SMARTS) is 1. The molecule has 0 aliphatic carbocycles. The number of carbonyl (C=O) groups excluding carboxylic acids is 1. The highest BCUT2D eigenvalue weighted by molar-refractivity contribution is 8.27. The van der Waals surface area contributed by atoms with E-state index in [1.54, 1.807) is 42.5 Å². The van der Waals surface area contributed by atoms with Gasteiger partial charge in [0.15, 0.2) is 4.32 Å². The van der Waals surface area contributed by atoms with Crippen LogP contribution in [-0.2, 0) is 4.79 Å². The summed E-state index contributed by atoms with van der Waals surface area (Å²) in [5, 5.41) is 9.96. The molecular formula is C21H10Cl3NO4S2. The molecule has 31 heavy (non-hydrogen) atoms. The lowest BCUT2D eigenvalue weighted by Gasteiger charge is -2.16. The van der Waals surface area contributed by atoms with Crippen LogP contribution in [0, 0.1) is 0 Å². The third-order valence-corrected chi connectivity index (χ3v) is 6.48. The number of halogens is 3. The van der Waals surface area contributed by atoms with E-state index in [0.717, 1.165) is 11.8 Å². The van der Waals surface area contributed by atoms with Gasteiger partial charge in [-0.15, -0.1) is 0 Å². The van der Waals surface area contributed by atoms with Crippen LogP contribution in [0.5, 0.6) is 0 Å². The van der Waals surface area contributed by atoms with Gasteiger partial charge in [-0.1, -0.05) is 64.8 Å². The van der Waals surface area contributed by atoms with E-state index in [9.17, 15) is 9.59 Å². The maximum atomic E-state index is 12.9. The Labute approximate surface area is 201 Å². The van der Waals surface area contributed by atoms with E-state index in [1.165, 1.54) is 17.0 Å². The summed E-state index contributed by atoms with van der Waals surface area (Å²) in [6, 6.07) is 12.7. The Morgan fingerprint density at radius 3 is 2.52 bits per heavy atom. The van der Waals surface area contributed by atoms with Crippen LogP contribution >= 0.6 is 58.8 Å². The highest BCUT2D eigenvalue weighted by atomic mass is 35.5. The van der Waals surface area contributed by atoms with Crippen LogP contribution in [0.2, 0.25) is 15.1 Å². The second kappa shape index (κ2) is 8.68. The summed E-state index contributed by atoms with van der Waals surface area (Å²) >= 11 is 24.7. The van der Waals surface area contributed by atoms with E-state index in [0.29, 0.717) is 42.0 Å². The van der Waals surface area contributed by atoms with Crippen molar-refractivity contribution in [3.63, 3.8) is 0 Å². The van der Waals surface area contributed by atoms with E-state index < -0.39 is 5.97 Å². The summed E-state index contributed by atoms with van der Waals surface area (Å²) in [7, 11) is 0. The Kier molecular flexibility index (Phi) is 6.14. The fraction of sp³-hybridized carbons (Fsp3) is 0. The van der Waals surface area contributed by atoms with Gasteiger partial charge in [0.25, 0.3) is 5.91 Å². The normalized spacial score (nSPS) is 15.2. The molecule has 1 amide bonds. The molecule has 2 aromatic carbocycles. The van der Waals surface area contributed by atoms with E-state index in [4.69, 9.17) is 56.5 Å². The topological polar surface area (TPSA) is 70.8 Å². The number of anilines is 1. The van der Waals surface area contributed by atoms with Gasteiger partial charge < -0.3 is 9.52 Å². The predicted molar refractivity (Wildman–Crippen MR) is 128 cm³/mol. The average molecular weight is 511 g/mol. The summed E-state index contributed by atoms with van der Waals surface area (Å²) < 4.78 is 6.13. The van der Waals surface area contributed by atoms with Crippen LogP contribution in [0.3, 0.4) is 0 Å². The molecule has 0 radical (unpaired) electrons. The molecule has 0 saturated carbocycles. The van der Waals surface area contributed by atoms with Crippen molar-refractivity contribution in [1.29, 1.82) is 0 Å². The molecule has 1 N–H and O–H groups in total. The number of aromatic carboxylic acids is 1. The van der Waals surface area contributed by atoms with Crippen molar-refractivity contribution < 1.29 is 19.1 Å². The minimum Gasteiger partial charge on any atom is -0.478 e. The summed E-state index contributed by atoms with van der Waals surface area (Å²) in [6.45, 7) is 0. The van der Waals surface area contributed by atoms with Gasteiger partial charge >= 0.3 is 5.97 Å². The van der Waals surface area contributed by atoms with Crippen molar-refractivity contribution in [2.24, 2.45) is 0 Å². The van der Waals surface area contributed by atoms with Crippen molar-refractivity contribution in [3.8, 4) is 11.3 Å². The van der Waals surface area contributed by atoms with Gasteiger partial charge in [0.2, 0.25) is 0 Å². The van der Waals surface area contributed by atoms with Crippen molar-refractivity contribution in [3.05, 3.63) is 79.8 Å². The van der Waals surface area contributed by atoms with Gasteiger partial charge in [0.05, 0.1) is 26.2 Å². The molecule has 1 fully saturated rings. The molecule has 2 heterocycles. The zero-order valence-electron chi connectivity index (χ0n) is 15.3. The van der Waals surface area contributed by atoms with Gasteiger partial charge in [-0.25, -0.2) is 4.79 Å². The fourth-order valence-electron chi connectivity index (χ4n) is 2.89. The van der Waals surface area contributed by atoms with E-state index in [1.807, 2.05) is 0 Å². The van der Waals surface area contributed by atoms with Crippen LogP contribution in [0.1, 0.15) is 16.1 Å². The molecule has 1 aliphatic rings. The molecule has 1 aliphatic heterocycles. The molecule has 1 aromatic heterocycles. The Balaban J connectivity index is 1.61. The highest BCUT2D eigenvalue weighted by Crippen LogP contribution is 2.40. The molecule has 0 bridgehead atoms. The number of carboxylic acids is 1. The number of amides is 1. The maximum Gasteiger partial charge on any atom is 0.337 e. The minimum atomic E-state index is -1.11. The maximum absolute atomic E-state index is 12.9. The molecule has 3 aromatic rings. The van der Waals surface area contributed by atoms with Crippen LogP contribution < -0.4 is 4.90 Å². The molecular weight excluding hydrogens is 501 g/mol. The predicted octanol–water partition coefficient (Wildman–Crippen LogP) is 7.01. The number of thioether (sulfide) groups is 1. The fourth-order valence-corrected chi connectivity index (χ4v) is 4.91. The first-order chi connectivity index (χ1) is 14.7. The molecule has 0 spiro atoms. The molecule has 1 saturated heterocycles. The molecule has 156 valence electrons. The number of hydrogen-bond donors (Lipinski definition) is 1. The average Bonchev–Trinajstić information content (AvgIpc) is 3.27. The van der Waals surface area contributed by atoms with Crippen LogP contribution in [0.15, 0.2) is 57.9 Å². The monoisotopic (exact) mass is 509 g/mol. The molecule has 0 atom stereocenters. The summed E-state index contributed by atoms with van der Waals surface area (Å²) in [5.74, 6) is -0.539. The summed E-state index contributed by atoms with van der Waals surface area (Å²) in [4.78, 5) is 25.8. The Bertz CT molecular complexity index is 1290. The van der Waals surface area contributed by atoms with Crippen LogP contribution in [0.25, 0.3) is 17.4 Å². The van der Waals surface area contributed by atoms with Crippen LogP contribution in [0.4, 0.5) is 5.69 Å². The number of hydrogen-bond acceptors (Lipinski definition) is 5. The Morgan fingerprint density at radius 1 is 1.06 bits per heavy atom. The largest absolute Gasteiger partial charge is 0.478 e. The quantitative estimate of drug-likeness (QED) is 0.301. The lowest BCUT2D eigenvalue weighted by atomic mass is 10.1. The second-order valence-electron chi connectivity index (χ2n) is 6.31. The van der Waals surface area contributed by atoms with Crippen molar-refractivity contribution in [2.75, 3.05) is 4.90 Å². The van der Waals surface area contributed by atoms with E-state index >= 15 is 0 Å². The standard InChI is InChI=1S/C21H10Cl3NO4S2/c22-11-2-5-16(15(24)8-11)25-19(26)18(31-21(25)30)9-12-3-6-17(29-12)10-1-4-13(20(27)28)14(23)7-10/h1-9H,(H,27,28)/b18-9+. The van der Waals surface area contributed by atoms with Gasteiger partial charge in [0, 0.05) is 16.7 Å². The minimum absolute atomic E-state index is 0.00160. The molecule has 4 rings (SSSR count). The molecule has 0 unspecified atom stereocenters. The number of nitrogens with zero attached hydrogens (tertiary/aromatic N) is 1. The first-order valence-electron chi connectivity index (χ1n) is 8.60. The lowest BCUT2D eigenvalue weighted by Crippen LogP contribution is -2.27. The number of thiocarbonyl (C=S) groups is 1. The van der Waals surface area contributed by atoms with Gasteiger partial charge in [0.1, 0.15) is 11.5 Å². The third kappa shape index (κ3) is 4.37. The smallest absolute Gasteiger partial charge is 0.337 e. The van der Waals surface area contributed by atoms with E-state index in [2.05, 4.69) is 0 Å². The first kappa shape index (κ1) is 21.9. The highest BCUT2D eigenvalue weighted by Gasteiger charge is 2.34. The molecule has 5 nitrogen and oxygen atoms in total. The second-order valence-corrected chi connectivity index (χ2v) is 9.24. The van der Waals surface area contributed by atoms with Gasteiger partial charge in [-0.2, -0.15) is 0 Å². The Hall–Kier alpha value is -2.29. The zero-order chi connectivity index (χ0) is 22.3. The molecule has 10 heteroatoms. The summed E-state index contributed by atoms with van der Waals surface area (Å²) in [6.07, 6.45) is 1.58. The number of rotatable bonds is 4.